The molecule has 0 bridgehead atoms. The summed E-state index contributed by atoms with van der Waals surface area (Å²) in [5.41, 5.74) is -3.85. The van der Waals surface area contributed by atoms with Gasteiger partial charge < -0.3 is 5.32 Å². The molecule has 0 aliphatic carbocycles. The highest BCUT2D eigenvalue weighted by atomic mass is 32.2. The third kappa shape index (κ3) is 5.58. The van der Waals surface area contributed by atoms with Crippen molar-refractivity contribution in [2.45, 2.75) is 17.4 Å². The van der Waals surface area contributed by atoms with E-state index in [1.807, 2.05) is 5.32 Å². The average Bonchev–Trinajstić information content (AvgIpc) is 2.58. The van der Waals surface area contributed by atoms with Gasteiger partial charge in [-0.05, 0) is 18.2 Å². The minimum Gasteiger partial charge on any atom is -0.325 e. The number of benzene rings is 1. The molecule has 0 radical (unpaired) electrons. The molecule has 0 atom stereocenters. The van der Waals surface area contributed by atoms with E-state index in [-0.39, 0.29) is 5.03 Å². The molecule has 0 unspecified atom stereocenters. The lowest BCUT2D eigenvalue weighted by atomic mass is 10.1. The molecule has 150 valence electrons. The van der Waals surface area contributed by atoms with E-state index in [4.69, 9.17) is 0 Å². The van der Waals surface area contributed by atoms with Crippen LogP contribution in [0.15, 0.2) is 41.6 Å². The predicted octanol–water partition coefficient (Wildman–Crippen LogP) is 4.76. The van der Waals surface area contributed by atoms with Gasteiger partial charge >= 0.3 is 12.4 Å². The molecule has 1 aromatic carbocycles. The molecule has 1 amide bonds. The second kappa shape index (κ2) is 8.04. The number of anilines is 1. The van der Waals surface area contributed by atoms with Gasteiger partial charge in [-0.25, -0.2) is 4.98 Å². The maximum atomic E-state index is 13.0. The number of aromatic nitrogens is 1. The molecular weight excluding hydrogens is 416 g/mol. The second-order valence-electron chi connectivity index (χ2n) is 5.20. The number of pyridine rings is 1. The fraction of sp³-hybridized carbons (Fsp3) is 0.200. The van der Waals surface area contributed by atoms with Gasteiger partial charge in [0.1, 0.15) is 0 Å². The highest BCUT2D eigenvalue weighted by molar-refractivity contribution is 7.99. The van der Waals surface area contributed by atoms with Crippen LogP contribution in [0.5, 0.6) is 0 Å². The molecule has 0 saturated heterocycles. The van der Waals surface area contributed by atoms with Gasteiger partial charge in [-0.1, -0.05) is 11.8 Å². The van der Waals surface area contributed by atoms with Crippen LogP contribution >= 0.6 is 11.8 Å². The quantitative estimate of drug-likeness (QED) is 0.323. The molecule has 0 aliphatic rings. The van der Waals surface area contributed by atoms with Crippen LogP contribution in [0.1, 0.15) is 11.1 Å². The van der Waals surface area contributed by atoms with E-state index >= 15 is 0 Å². The predicted molar refractivity (Wildman–Crippen MR) is 86.7 cm³/mol. The van der Waals surface area contributed by atoms with E-state index in [9.17, 15) is 41.3 Å². The number of nitro benzene ring substituents is 1. The normalized spacial score (nSPS) is 11.9. The monoisotopic (exact) mass is 425 g/mol. The molecule has 28 heavy (non-hydrogen) atoms. The summed E-state index contributed by atoms with van der Waals surface area (Å²) in [5.74, 6) is -1.34. The van der Waals surface area contributed by atoms with Crippen molar-refractivity contribution in [3.05, 3.63) is 57.8 Å². The van der Waals surface area contributed by atoms with Gasteiger partial charge in [0, 0.05) is 18.3 Å². The standard InChI is InChI=1S/C15H9F6N3O3S/c16-14(17,18)8-1-4-13(22-6-8)28-7-12(25)23-11-3-2-9(24(26)27)5-10(11)15(19,20)21/h1-6H,7H2,(H,23,25). The molecule has 2 rings (SSSR count). The lowest BCUT2D eigenvalue weighted by molar-refractivity contribution is -0.385. The second-order valence-corrected chi connectivity index (χ2v) is 6.20. The zero-order chi connectivity index (χ0) is 21.1. The first-order valence-electron chi connectivity index (χ1n) is 7.19. The molecule has 6 nitrogen and oxygen atoms in total. The number of nitrogens with one attached hydrogen (secondary N) is 1. The summed E-state index contributed by atoms with van der Waals surface area (Å²) in [6, 6.07) is 3.62. The van der Waals surface area contributed by atoms with Crippen molar-refractivity contribution < 1.29 is 36.1 Å². The Morgan fingerprint density at radius 2 is 1.79 bits per heavy atom. The SMILES string of the molecule is O=C(CSc1ccc(C(F)(F)F)cn1)Nc1ccc([N+](=O)[O-])cc1C(F)(F)F. The van der Waals surface area contributed by atoms with Crippen molar-refractivity contribution in [1.82, 2.24) is 4.98 Å². The third-order valence-electron chi connectivity index (χ3n) is 3.21. The lowest BCUT2D eigenvalue weighted by Crippen LogP contribution is -2.18. The van der Waals surface area contributed by atoms with E-state index in [1.54, 1.807) is 0 Å². The zero-order valence-electron chi connectivity index (χ0n) is 13.5. The summed E-state index contributed by atoms with van der Waals surface area (Å²) < 4.78 is 76.5. The van der Waals surface area contributed by atoms with E-state index in [0.29, 0.717) is 24.0 Å². The maximum Gasteiger partial charge on any atom is 0.418 e. The Hall–Kier alpha value is -2.83. The first kappa shape index (κ1) is 21.5. The zero-order valence-corrected chi connectivity index (χ0v) is 14.3. The van der Waals surface area contributed by atoms with Crippen molar-refractivity contribution in [3.8, 4) is 0 Å². The van der Waals surface area contributed by atoms with Gasteiger partial charge in [0.05, 0.1) is 32.5 Å². The number of nitro groups is 1. The first-order chi connectivity index (χ1) is 12.9. The lowest BCUT2D eigenvalue weighted by Gasteiger charge is -2.13. The largest absolute Gasteiger partial charge is 0.418 e. The van der Waals surface area contributed by atoms with Crippen molar-refractivity contribution in [1.29, 1.82) is 0 Å². The summed E-state index contributed by atoms with van der Waals surface area (Å²) in [6.07, 6.45) is -8.95. The number of amides is 1. The Kier molecular flexibility index (Phi) is 6.17. The topological polar surface area (TPSA) is 85.1 Å². The van der Waals surface area contributed by atoms with Crippen LogP contribution in [0.3, 0.4) is 0 Å². The molecule has 2 aromatic rings. The third-order valence-corrected chi connectivity index (χ3v) is 4.15. The molecule has 13 heteroatoms. The van der Waals surface area contributed by atoms with Crippen LogP contribution in [-0.2, 0) is 17.1 Å². The number of hydrogen-bond acceptors (Lipinski definition) is 5. The molecule has 0 fully saturated rings. The van der Waals surface area contributed by atoms with E-state index in [0.717, 1.165) is 24.3 Å². The van der Waals surface area contributed by atoms with Gasteiger partial charge in [-0.15, -0.1) is 0 Å². The van der Waals surface area contributed by atoms with Crippen molar-refractivity contribution in [3.63, 3.8) is 0 Å². The number of non-ortho nitro benzene ring substituents is 1. The fourth-order valence-corrected chi connectivity index (χ4v) is 2.59. The summed E-state index contributed by atoms with van der Waals surface area (Å²) >= 11 is 0.709. The van der Waals surface area contributed by atoms with Gasteiger partial charge in [0.15, 0.2) is 0 Å². The Morgan fingerprint density at radius 1 is 1.11 bits per heavy atom. The number of carbonyl (C=O) groups is 1. The van der Waals surface area contributed by atoms with Crippen molar-refractivity contribution in [2.24, 2.45) is 0 Å². The molecule has 0 spiro atoms. The van der Waals surface area contributed by atoms with E-state index in [1.165, 1.54) is 0 Å². The first-order valence-corrected chi connectivity index (χ1v) is 8.18. The number of rotatable bonds is 5. The number of hydrogen-bond donors (Lipinski definition) is 1. The summed E-state index contributed by atoms with van der Waals surface area (Å²) in [5, 5.41) is 12.7. The van der Waals surface area contributed by atoms with E-state index < -0.39 is 51.4 Å². The molecule has 0 saturated carbocycles. The summed E-state index contributed by atoms with van der Waals surface area (Å²) in [7, 11) is 0. The maximum absolute atomic E-state index is 13.0. The molecule has 1 heterocycles. The minimum atomic E-state index is -4.95. The Bertz CT molecular complexity index is 884. The van der Waals surface area contributed by atoms with Gasteiger partial charge in [0.25, 0.3) is 5.69 Å². The number of nitrogens with zero attached hydrogens (tertiary/aromatic N) is 2. The Balaban J connectivity index is 2.08. The van der Waals surface area contributed by atoms with Crippen LogP contribution in [0.25, 0.3) is 0 Å². The highest BCUT2D eigenvalue weighted by Gasteiger charge is 2.35. The smallest absolute Gasteiger partial charge is 0.325 e. The number of halogens is 6. The number of carbonyl (C=O) groups excluding carboxylic acids is 1. The molecule has 0 aliphatic heterocycles. The van der Waals surface area contributed by atoms with Crippen LogP contribution in [0.2, 0.25) is 0 Å². The Labute approximate surface area is 157 Å². The molecular formula is C15H9F6N3O3S. The molecule has 1 N–H and O–H groups in total. The van der Waals surface area contributed by atoms with Gasteiger partial charge in [-0.3, -0.25) is 14.9 Å². The van der Waals surface area contributed by atoms with Crippen LogP contribution in [-0.4, -0.2) is 21.6 Å². The number of alkyl halides is 6. The number of thioether (sulfide) groups is 1. The van der Waals surface area contributed by atoms with Gasteiger partial charge in [-0.2, -0.15) is 26.3 Å². The van der Waals surface area contributed by atoms with Crippen LogP contribution < -0.4 is 5.32 Å². The fourth-order valence-electron chi connectivity index (χ4n) is 1.95. The highest BCUT2D eigenvalue weighted by Crippen LogP contribution is 2.37. The summed E-state index contributed by atoms with van der Waals surface area (Å²) in [4.78, 5) is 25.0. The molecule has 1 aromatic heterocycles. The van der Waals surface area contributed by atoms with Crippen LogP contribution in [0, 0.1) is 10.1 Å². The van der Waals surface area contributed by atoms with Crippen LogP contribution in [0.4, 0.5) is 37.7 Å². The Morgan fingerprint density at radius 3 is 2.29 bits per heavy atom. The van der Waals surface area contributed by atoms with Crippen molar-refractivity contribution in [2.75, 3.05) is 11.1 Å². The summed E-state index contributed by atoms with van der Waals surface area (Å²) in [6.45, 7) is 0. The van der Waals surface area contributed by atoms with Crippen molar-refractivity contribution >= 4 is 29.0 Å². The van der Waals surface area contributed by atoms with Gasteiger partial charge in [0.2, 0.25) is 5.91 Å². The average molecular weight is 425 g/mol. The van der Waals surface area contributed by atoms with E-state index in [2.05, 4.69) is 4.98 Å². The minimum absolute atomic E-state index is 0.0582.